The summed E-state index contributed by atoms with van der Waals surface area (Å²) in [6, 6.07) is 9.93. The average Bonchev–Trinajstić information content (AvgIpc) is 3.26. The Labute approximate surface area is 181 Å². The number of rotatable bonds is 16. The highest BCUT2D eigenvalue weighted by molar-refractivity contribution is 7.07. The van der Waals surface area contributed by atoms with E-state index in [2.05, 4.69) is 34.4 Å². The maximum atomic E-state index is 12.3. The summed E-state index contributed by atoms with van der Waals surface area (Å²) in [6.45, 7) is 4.48. The van der Waals surface area contributed by atoms with Crippen LogP contribution in [0.2, 0.25) is 0 Å². The van der Waals surface area contributed by atoms with Crippen LogP contribution in [-0.4, -0.2) is 12.5 Å². The fourth-order valence-electron chi connectivity index (χ4n) is 3.37. The van der Waals surface area contributed by atoms with Crippen molar-refractivity contribution >= 4 is 17.2 Å². The summed E-state index contributed by atoms with van der Waals surface area (Å²) in [7, 11) is 0. The van der Waals surface area contributed by atoms with Crippen molar-refractivity contribution in [1.82, 2.24) is 10.6 Å². The molecule has 1 aromatic heterocycles. The van der Waals surface area contributed by atoms with E-state index in [1.54, 1.807) is 11.3 Å². The predicted molar refractivity (Wildman–Crippen MR) is 124 cm³/mol. The van der Waals surface area contributed by atoms with Crippen LogP contribution in [0, 0.1) is 0 Å². The standard InChI is InChI=1S/C25H37N2OS/c1-2-3-4-5-6-7-8-9-10-11-17-27-25(28)24-14-12-22(13-15-24)19-26-20-23-16-18-29-21-23/h12-16,18,21H,2-11,17,19-20H2,1H3,(H,27,28). The maximum absolute atomic E-state index is 12.3. The highest BCUT2D eigenvalue weighted by Gasteiger charge is 2.05. The van der Waals surface area contributed by atoms with Crippen molar-refractivity contribution in [2.45, 2.75) is 84.2 Å². The van der Waals surface area contributed by atoms with Gasteiger partial charge in [-0.2, -0.15) is 11.3 Å². The number of thiophene rings is 1. The largest absolute Gasteiger partial charge is 0.352 e. The molecule has 0 aliphatic rings. The van der Waals surface area contributed by atoms with E-state index in [1.807, 2.05) is 24.3 Å². The topological polar surface area (TPSA) is 43.2 Å². The summed E-state index contributed by atoms with van der Waals surface area (Å²) < 4.78 is 0. The molecule has 159 valence electrons. The van der Waals surface area contributed by atoms with Crippen LogP contribution in [0.4, 0.5) is 0 Å². The molecular weight excluding hydrogens is 376 g/mol. The summed E-state index contributed by atoms with van der Waals surface area (Å²) in [5.74, 6) is 0.0303. The number of benzene rings is 1. The second-order valence-corrected chi connectivity index (χ2v) is 8.59. The third kappa shape index (κ3) is 10.6. The van der Waals surface area contributed by atoms with Gasteiger partial charge in [-0.1, -0.05) is 76.8 Å². The van der Waals surface area contributed by atoms with Crippen molar-refractivity contribution < 1.29 is 4.79 Å². The van der Waals surface area contributed by atoms with Crippen LogP contribution in [-0.2, 0) is 13.1 Å². The van der Waals surface area contributed by atoms with Crippen LogP contribution >= 0.6 is 11.3 Å². The van der Waals surface area contributed by atoms with Gasteiger partial charge < -0.3 is 5.32 Å². The first-order valence-corrected chi connectivity index (χ1v) is 12.3. The highest BCUT2D eigenvalue weighted by atomic mass is 32.1. The SMILES string of the molecule is CCCCCCCCCCCCNC(=O)c1ccc(C[N]Cc2ccsc2)cc1. The molecule has 2 aromatic rings. The maximum Gasteiger partial charge on any atom is 0.251 e. The Hall–Kier alpha value is -1.65. The number of nitrogens with zero attached hydrogens (tertiary/aromatic N) is 1. The number of carbonyl (C=O) groups excluding carboxylic acids is 1. The first-order valence-electron chi connectivity index (χ1n) is 11.3. The van der Waals surface area contributed by atoms with E-state index in [9.17, 15) is 4.79 Å². The van der Waals surface area contributed by atoms with Crippen LogP contribution < -0.4 is 10.6 Å². The van der Waals surface area contributed by atoms with Crippen molar-refractivity contribution in [2.75, 3.05) is 6.54 Å². The lowest BCUT2D eigenvalue weighted by Gasteiger charge is -2.07. The second kappa shape index (κ2) is 15.2. The second-order valence-electron chi connectivity index (χ2n) is 7.81. The molecule has 0 spiro atoms. The molecule has 0 fully saturated rings. The molecule has 0 bridgehead atoms. The van der Waals surface area contributed by atoms with Crippen molar-refractivity contribution in [3.05, 3.63) is 57.8 Å². The number of nitrogens with one attached hydrogen (secondary N) is 1. The molecule has 4 heteroatoms. The van der Waals surface area contributed by atoms with E-state index in [0.29, 0.717) is 6.54 Å². The first-order chi connectivity index (χ1) is 14.3. The minimum Gasteiger partial charge on any atom is -0.352 e. The summed E-state index contributed by atoms with van der Waals surface area (Å²) in [5.41, 5.74) is 3.14. The van der Waals surface area contributed by atoms with Crippen molar-refractivity contribution in [1.29, 1.82) is 0 Å². The molecule has 0 saturated heterocycles. The van der Waals surface area contributed by atoms with Crippen LogP contribution in [0.5, 0.6) is 0 Å². The van der Waals surface area contributed by atoms with Gasteiger partial charge in [0.2, 0.25) is 0 Å². The minimum atomic E-state index is 0.0303. The van der Waals surface area contributed by atoms with Gasteiger partial charge in [0.25, 0.3) is 5.91 Å². The van der Waals surface area contributed by atoms with Gasteiger partial charge in [0.15, 0.2) is 0 Å². The number of hydrogen-bond acceptors (Lipinski definition) is 2. The normalized spacial score (nSPS) is 10.9. The van der Waals surface area contributed by atoms with E-state index in [0.717, 1.165) is 30.6 Å². The van der Waals surface area contributed by atoms with Crippen LogP contribution in [0.3, 0.4) is 0 Å². The number of carbonyl (C=O) groups is 1. The Morgan fingerprint density at radius 1 is 0.828 bits per heavy atom. The number of unbranched alkanes of at least 4 members (excludes halogenated alkanes) is 9. The molecule has 1 heterocycles. The lowest BCUT2D eigenvalue weighted by Crippen LogP contribution is -2.24. The zero-order valence-corrected chi connectivity index (χ0v) is 18.8. The third-order valence-corrected chi connectivity index (χ3v) is 5.93. The van der Waals surface area contributed by atoms with Crippen molar-refractivity contribution in [3.63, 3.8) is 0 Å². The summed E-state index contributed by atoms with van der Waals surface area (Å²) in [4.78, 5) is 12.3. The molecular formula is C25H37N2OS. The molecule has 1 amide bonds. The Morgan fingerprint density at radius 3 is 2.07 bits per heavy atom. The summed E-state index contributed by atoms with van der Waals surface area (Å²) in [5, 5.41) is 11.8. The minimum absolute atomic E-state index is 0.0303. The van der Waals surface area contributed by atoms with E-state index >= 15 is 0 Å². The van der Waals surface area contributed by atoms with Gasteiger partial charge in [-0.15, -0.1) is 0 Å². The van der Waals surface area contributed by atoms with E-state index < -0.39 is 0 Å². The quantitative estimate of drug-likeness (QED) is 0.306. The Kier molecular flexibility index (Phi) is 12.4. The lowest BCUT2D eigenvalue weighted by molar-refractivity contribution is 0.0953. The monoisotopic (exact) mass is 413 g/mol. The van der Waals surface area contributed by atoms with Gasteiger partial charge in [0.1, 0.15) is 0 Å². The lowest BCUT2D eigenvalue weighted by atomic mass is 10.1. The van der Waals surface area contributed by atoms with Gasteiger partial charge in [-0.25, -0.2) is 5.32 Å². The molecule has 3 nitrogen and oxygen atoms in total. The van der Waals surface area contributed by atoms with Gasteiger partial charge in [-0.3, -0.25) is 4.79 Å². The molecule has 0 aliphatic carbocycles. The zero-order valence-electron chi connectivity index (χ0n) is 18.0. The highest BCUT2D eigenvalue weighted by Crippen LogP contribution is 2.11. The molecule has 2 rings (SSSR count). The summed E-state index contributed by atoms with van der Waals surface area (Å²) >= 11 is 1.70. The summed E-state index contributed by atoms with van der Waals surface area (Å²) in [6.07, 6.45) is 13.1. The predicted octanol–water partition coefficient (Wildman–Crippen LogP) is 6.70. The average molecular weight is 414 g/mol. The smallest absolute Gasteiger partial charge is 0.251 e. The fourth-order valence-corrected chi connectivity index (χ4v) is 4.03. The van der Waals surface area contributed by atoms with Gasteiger partial charge in [0, 0.05) is 25.2 Å². The Morgan fingerprint density at radius 2 is 1.45 bits per heavy atom. The molecule has 1 radical (unpaired) electrons. The van der Waals surface area contributed by atoms with Crippen molar-refractivity contribution in [3.8, 4) is 0 Å². The third-order valence-electron chi connectivity index (χ3n) is 5.20. The van der Waals surface area contributed by atoms with Gasteiger partial charge in [0.05, 0.1) is 0 Å². The molecule has 29 heavy (non-hydrogen) atoms. The van der Waals surface area contributed by atoms with E-state index in [4.69, 9.17) is 0 Å². The molecule has 0 saturated carbocycles. The van der Waals surface area contributed by atoms with Crippen LogP contribution in [0.25, 0.3) is 0 Å². The Balaban J connectivity index is 1.49. The fraction of sp³-hybridized carbons (Fsp3) is 0.560. The number of amides is 1. The van der Waals surface area contributed by atoms with Crippen molar-refractivity contribution in [2.24, 2.45) is 0 Å². The van der Waals surface area contributed by atoms with E-state index in [1.165, 1.54) is 63.4 Å². The van der Waals surface area contributed by atoms with Crippen LogP contribution in [0.15, 0.2) is 41.1 Å². The van der Waals surface area contributed by atoms with E-state index in [-0.39, 0.29) is 5.91 Å². The van der Waals surface area contributed by atoms with Gasteiger partial charge in [-0.05, 0) is 46.5 Å². The Bertz CT molecular complexity index is 652. The van der Waals surface area contributed by atoms with Crippen LogP contribution in [0.1, 0.15) is 92.6 Å². The molecule has 1 N–H and O–H groups in total. The number of hydrogen-bond donors (Lipinski definition) is 1. The zero-order chi connectivity index (χ0) is 20.6. The molecule has 0 unspecified atom stereocenters. The van der Waals surface area contributed by atoms with Gasteiger partial charge >= 0.3 is 0 Å². The molecule has 1 aromatic carbocycles. The first kappa shape index (κ1) is 23.6. The molecule has 0 atom stereocenters. The molecule has 0 aliphatic heterocycles.